The molecule has 0 spiro atoms. The summed E-state index contributed by atoms with van der Waals surface area (Å²) >= 11 is 0. The fourth-order valence-corrected chi connectivity index (χ4v) is 1.18. The lowest BCUT2D eigenvalue weighted by Gasteiger charge is -2.19. The minimum atomic E-state index is -0.968. The Kier molecular flexibility index (Phi) is 7.44. The van der Waals surface area contributed by atoms with Crippen molar-refractivity contribution in [3.63, 3.8) is 0 Å². The third-order valence-electron chi connectivity index (χ3n) is 2.03. The number of carboxylic acid groups (broad SMARTS) is 2. The number of rotatable bonds is 4. The monoisotopic (exact) mass is 233 g/mol. The molecule has 1 aliphatic heterocycles. The minimum Gasteiger partial charge on any atom is -0.480 e. The van der Waals surface area contributed by atoms with Gasteiger partial charge in [0.2, 0.25) is 0 Å². The SMILES string of the molecule is C[C@H](NN1CCCC1)C(=O)O.NCC(=O)O. The Morgan fingerprint density at radius 2 is 1.81 bits per heavy atom. The first-order valence-electron chi connectivity index (χ1n) is 5.13. The third kappa shape index (κ3) is 7.16. The van der Waals surface area contributed by atoms with Gasteiger partial charge in [0, 0.05) is 13.1 Å². The van der Waals surface area contributed by atoms with Crippen LogP contribution in [0.4, 0.5) is 0 Å². The predicted octanol–water partition coefficient (Wildman–Crippen LogP) is -0.910. The van der Waals surface area contributed by atoms with E-state index >= 15 is 0 Å². The largest absolute Gasteiger partial charge is 0.480 e. The Morgan fingerprint density at radius 1 is 1.38 bits per heavy atom. The first-order valence-corrected chi connectivity index (χ1v) is 5.13. The van der Waals surface area contributed by atoms with Gasteiger partial charge in [-0.25, -0.2) is 10.4 Å². The molecule has 0 aromatic carbocycles. The lowest BCUT2D eigenvalue weighted by Crippen LogP contribution is -2.45. The van der Waals surface area contributed by atoms with Crippen molar-refractivity contribution < 1.29 is 19.8 Å². The number of nitrogens with one attached hydrogen (secondary N) is 1. The Bertz CT molecular complexity index is 229. The second-order valence-electron chi connectivity index (χ2n) is 3.48. The summed E-state index contributed by atoms with van der Waals surface area (Å²) in [5, 5.41) is 18.1. The van der Waals surface area contributed by atoms with E-state index < -0.39 is 18.0 Å². The Hall–Kier alpha value is -1.18. The zero-order valence-electron chi connectivity index (χ0n) is 9.35. The zero-order valence-corrected chi connectivity index (χ0v) is 9.35. The molecule has 0 saturated carbocycles. The van der Waals surface area contributed by atoms with Gasteiger partial charge in [-0.2, -0.15) is 0 Å². The molecular weight excluding hydrogens is 214 g/mol. The number of aliphatic carboxylic acids is 2. The number of carboxylic acids is 2. The Labute approximate surface area is 94.2 Å². The van der Waals surface area contributed by atoms with Gasteiger partial charge in [-0.15, -0.1) is 0 Å². The van der Waals surface area contributed by atoms with Crippen LogP contribution in [0.5, 0.6) is 0 Å². The molecule has 0 radical (unpaired) electrons. The molecule has 0 bridgehead atoms. The Balaban J connectivity index is 0.000000385. The number of nitrogens with two attached hydrogens (primary N) is 1. The van der Waals surface area contributed by atoms with Gasteiger partial charge in [0.25, 0.3) is 0 Å². The van der Waals surface area contributed by atoms with Crippen LogP contribution < -0.4 is 11.2 Å². The summed E-state index contributed by atoms with van der Waals surface area (Å²) in [6.45, 7) is 3.32. The normalized spacial score (nSPS) is 17.4. The van der Waals surface area contributed by atoms with E-state index in [1.807, 2.05) is 5.01 Å². The average molecular weight is 233 g/mol. The van der Waals surface area contributed by atoms with E-state index in [1.54, 1.807) is 6.92 Å². The van der Waals surface area contributed by atoms with Crippen LogP contribution in [0.25, 0.3) is 0 Å². The highest BCUT2D eigenvalue weighted by Crippen LogP contribution is 2.04. The molecule has 1 rings (SSSR count). The molecule has 1 saturated heterocycles. The number of carbonyl (C=O) groups is 2. The molecule has 1 fully saturated rings. The fourth-order valence-electron chi connectivity index (χ4n) is 1.18. The lowest BCUT2D eigenvalue weighted by molar-refractivity contribution is -0.140. The molecular formula is C9H19N3O4. The van der Waals surface area contributed by atoms with Gasteiger partial charge in [-0.1, -0.05) is 0 Å². The van der Waals surface area contributed by atoms with Gasteiger partial charge in [-0.3, -0.25) is 9.59 Å². The van der Waals surface area contributed by atoms with E-state index in [0.29, 0.717) is 0 Å². The van der Waals surface area contributed by atoms with Gasteiger partial charge in [-0.05, 0) is 19.8 Å². The van der Waals surface area contributed by atoms with E-state index in [1.165, 1.54) is 12.8 Å². The van der Waals surface area contributed by atoms with Gasteiger partial charge >= 0.3 is 11.9 Å². The molecule has 0 aromatic rings. The summed E-state index contributed by atoms with van der Waals surface area (Å²) < 4.78 is 0. The van der Waals surface area contributed by atoms with E-state index in [4.69, 9.17) is 10.2 Å². The molecule has 0 unspecified atom stereocenters. The zero-order chi connectivity index (χ0) is 12.6. The lowest BCUT2D eigenvalue weighted by atomic mass is 10.4. The molecule has 0 aliphatic carbocycles. The molecule has 0 aromatic heterocycles. The van der Waals surface area contributed by atoms with E-state index in [9.17, 15) is 9.59 Å². The number of nitrogens with zero attached hydrogens (tertiary/aromatic N) is 1. The number of hydrogen-bond acceptors (Lipinski definition) is 5. The van der Waals surface area contributed by atoms with Crippen LogP contribution in [0.2, 0.25) is 0 Å². The van der Waals surface area contributed by atoms with Crippen LogP contribution in [0, 0.1) is 0 Å². The van der Waals surface area contributed by atoms with Gasteiger partial charge < -0.3 is 15.9 Å². The maximum atomic E-state index is 10.4. The second kappa shape index (κ2) is 8.03. The summed E-state index contributed by atoms with van der Waals surface area (Å²) in [6.07, 6.45) is 2.33. The predicted molar refractivity (Wildman–Crippen MR) is 57.7 cm³/mol. The molecule has 1 atom stereocenters. The van der Waals surface area contributed by atoms with Gasteiger partial charge in [0.15, 0.2) is 0 Å². The minimum absolute atomic E-state index is 0.278. The Morgan fingerprint density at radius 3 is 2.12 bits per heavy atom. The number of hydrogen-bond donors (Lipinski definition) is 4. The van der Waals surface area contributed by atoms with Crippen molar-refractivity contribution in [2.75, 3.05) is 19.6 Å². The molecule has 0 amide bonds. The van der Waals surface area contributed by atoms with E-state index in [-0.39, 0.29) is 6.54 Å². The molecule has 7 heteroatoms. The van der Waals surface area contributed by atoms with Gasteiger partial charge in [0.1, 0.15) is 6.04 Å². The molecule has 7 nitrogen and oxygen atoms in total. The average Bonchev–Trinajstić information content (AvgIpc) is 2.71. The van der Waals surface area contributed by atoms with Crippen molar-refractivity contribution in [2.24, 2.45) is 5.73 Å². The summed E-state index contributed by atoms with van der Waals surface area (Å²) in [6, 6.07) is -0.465. The molecule has 5 N–H and O–H groups in total. The first kappa shape index (κ1) is 14.8. The van der Waals surface area contributed by atoms with Crippen molar-refractivity contribution in [1.82, 2.24) is 10.4 Å². The van der Waals surface area contributed by atoms with Crippen LogP contribution in [0.1, 0.15) is 19.8 Å². The highest BCUT2D eigenvalue weighted by atomic mass is 16.4. The molecule has 16 heavy (non-hydrogen) atoms. The third-order valence-corrected chi connectivity index (χ3v) is 2.03. The van der Waals surface area contributed by atoms with Crippen molar-refractivity contribution in [3.8, 4) is 0 Å². The van der Waals surface area contributed by atoms with Crippen LogP contribution in [0.15, 0.2) is 0 Å². The standard InChI is InChI=1S/C7H14N2O2.C2H5NO2/c1-6(7(10)11)8-9-4-2-3-5-9;3-1-2(4)5/h6,8H,2-5H2,1H3,(H,10,11);1,3H2,(H,4,5)/t6-;/m0./s1. The van der Waals surface area contributed by atoms with Crippen LogP contribution in [-0.2, 0) is 9.59 Å². The smallest absolute Gasteiger partial charge is 0.321 e. The first-order chi connectivity index (χ1) is 7.47. The topological polar surface area (TPSA) is 116 Å². The van der Waals surface area contributed by atoms with E-state index in [0.717, 1.165) is 13.1 Å². The van der Waals surface area contributed by atoms with E-state index in [2.05, 4.69) is 11.2 Å². The summed E-state index contributed by atoms with van der Waals surface area (Å²) in [5.74, 6) is -1.76. The van der Waals surface area contributed by atoms with Crippen molar-refractivity contribution in [3.05, 3.63) is 0 Å². The summed E-state index contributed by atoms with van der Waals surface area (Å²) in [7, 11) is 0. The fraction of sp³-hybridized carbons (Fsp3) is 0.778. The molecule has 94 valence electrons. The maximum absolute atomic E-state index is 10.4. The van der Waals surface area contributed by atoms with Crippen LogP contribution >= 0.6 is 0 Å². The second-order valence-corrected chi connectivity index (χ2v) is 3.48. The number of hydrazine groups is 1. The molecule has 1 aliphatic rings. The van der Waals surface area contributed by atoms with Crippen molar-refractivity contribution >= 4 is 11.9 Å². The van der Waals surface area contributed by atoms with Crippen LogP contribution in [0.3, 0.4) is 0 Å². The van der Waals surface area contributed by atoms with Crippen LogP contribution in [-0.4, -0.2) is 52.8 Å². The van der Waals surface area contributed by atoms with Crippen molar-refractivity contribution in [1.29, 1.82) is 0 Å². The van der Waals surface area contributed by atoms with Gasteiger partial charge in [0.05, 0.1) is 6.54 Å². The summed E-state index contributed by atoms with van der Waals surface area (Å²) in [4.78, 5) is 19.6. The van der Waals surface area contributed by atoms with Crippen molar-refractivity contribution in [2.45, 2.75) is 25.8 Å². The maximum Gasteiger partial charge on any atom is 0.321 e. The highest BCUT2D eigenvalue weighted by molar-refractivity contribution is 5.72. The molecule has 1 heterocycles. The highest BCUT2D eigenvalue weighted by Gasteiger charge is 2.17. The summed E-state index contributed by atoms with van der Waals surface area (Å²) in [5.41, 5.74) is 7.48. The quantitative estimate of drug-likeness (QED) is 0.496.